The molecule has 25 heavy (non-hydrogen) atoms. The maximum absolute atomic E-state index is 13.0. The van der Waals surface area contributed by atoms with Gasteiger partial charge in [-0.3, -0.25) is 14.7 Å². The number of rotatable bonds is 4. The van der Waals surface area contributed by atoms with E-state index in [1.165, 1.54) is 0 Å². The van der Waals surface area contributed by atoms with Crippen LogP contribution in [-0.4, -0.2) is 54.7 Å². The molecule has 1 aliphatic rings. The number of likely N-dealkylation sites (tertiary alicyclic amines) is 1. The Morgan fingerprint density at radius 1 is 1.28 bits per heavy atom. The molecule has 1 aromatic heterocycles. The Labute approximate surface area is 149 Å². The number of carbonyl (C=O) groups excluding carboxylic acids is 1. The molecule has 2 atom stereocenters. The van der Waals surface area contributed by atoms with Gasteiger partial charge in [0, 0.05) is 31.3 Å². The SMILES string of the molecule is CCN1C[C@H](NC(=O)c2cc(C)nc3c(C)cc(C)cc23)[C@@H](OC)C1. The monoisotopic (exact) mass is 341 g/mol. The number of fused-ring (bicyclic) bond motifs is 1. The number of nitrogens with one attached hydrogen (secondary N) is 1. The van der Waals surface area contributed by atoms with E-state index in [-0.39, 0.29) is 18.1 Å². The van der Waals surface area contributed by atoms with E-state index in [9.17, 15) is 4.79 Å². The molecule has 1 saturated heterocycles. The second-order valence-electron chi connectivity index (χ2n) is 7.00. The fourth-order valence-electron chi connectivity index (χ4n) is 3.73. The van der Waals surface area contributed by atoms with Gasteiger partial charge in [0.05, 0.1) is 23.2 Å². The van der Waals surface area contributed by atoms with Crippen molar-refractivity contribution in [3.63, 3.8) is 0 Å². The van der Waals surface area contributed by atoms with Crippen molar-refractivity contribution in [3.8, 4) is 0 Å². The summed E-state index contributed by atoms with van der Waals surface area (Å²) in [6, 6.07) is 6.04. The zero-order valence-electron chi connectivity index (χ0n) is 15.7. The molecule has 1 amide bonds. The zero-order valence-corrected chi connectivity index (χ0v) is 15.7. The molecular weight excluding hydrogens is 314 g/mol. The number of hydrogen-bond donors (Lipinski definition) is 1. The highest BCUT2D eigenvalue weighted by Crippen LogP contribution is 2.24. The number of aryl methyl sites for hydroxylation is 3. The summed E-state index contributed by atoms with van der Waals surface area (Å²) in [5.41, 5.74) is 4.69. The van der Waals surface area contributed by atoms with E-state index in [4.69, 9.17) is 4.74 Å². The summed E-state index contributed by atoms with van der Waals surface area (Å²) in [4.78, 5) is 20.0. The first-order chi connectivity index (χ1) is 11.9. The van der Waals surface area contributed by atoms with Crippen LogP contribution in [0.5, 0.6) is 0 Å². The summed E-state index contributed by atoms with van der Waals surface area (Å²) in [6.07, 6.45) is 0.0292. The summed E-state index contributed by atoms with van der Waals surface area (Å²) in [5, 5.41) is 4.10. The molecule has 134 valence electrons. The zero-order chi connectivity index (χ0) is 18.1. The molecule has 0 unspecified atom stereocenters. The number of pyridine rings is 1. The van der Waals surface area contributed by atoms with Crippen LogP contribution in [0.3, 0.4) is 0 Å². The summed E-state index contributed by atoms with van der Waals surface area (Å²) in [7, 11) is 1.71. The van der Waals surface area contributed by atoms with Crippen LogP contribution in [0.4, 0.5) is 0 Å². The van der Waals surface area contributed by atoms with Crippen molar-refractivity contribution >= 4 is 16.8 Å². The predicted octanol–water partition coefficient (Wildman–Crippen LogP) is 2.61. The molecule has 5 nitrogen and oxygen atoms in total. The van der Waals surface area contributed by atoms with E-state index < -0.39 is 0 Å². The first kappa shape index (κ1) is 17.8. The highest BCUT2D eigenvalue weighted by atomic mass is 16.5. The lowest BCUT2D eigenvalue weighted by Crippen LogP contribution is -2.43. The molecule has 0 radical (unpaired) electrons. The Morgan fingerprint density at radius 2 is 2.04 bits per heavy atom. The number of methoxy groups -OCH3 is 1. The Kier molecular flexibility index (Phi) is 5.06. The molecule has 1 aliphatic heterocycles. The molecule has 1 aromatic carbocycles. The van der Waals surface area contributed by atoms with Gasteiger partial charge in [0.1, 0.15) is 0 Å². The van der Waals surface area contributed by atoms with Crippen molar-refractivity contribution < 1.29 is 9.53 Å². The minimum atomic E-state index is -0.0505. The van der Waals surface area contributed by atoms with Gasteiger partial charge >= 0.3 is 0 Å². The number of ether oxygens (including phenoxy) is 1. The molecular formula is C20H27N3O2. The van der Waals surface area contributed by atoms with Crippen LogP contribution < -0.4 is 5.32 Å². The van der Waals surface area contributed by atoms with Crippen molar-refractivity contribution in [3.05, 3.63) is 40.6 Å². The first-order valence-electron chi connectivity index (χ1n) is 8.87. The van der Waals surface area contributed by atoms with Gasteiger partial charge in [0.15, 0.2) is 0 Å². The topological polar surface area (TPSA) is 54.5 Å². The second kappa shape index (κ2) is 7.10. The molecule has 3 rings (SSSR count). The van der Waals surface area contributed by atoms with E-state index in [2.05, 4.69) is 28.2 Å². The lowest BCUT2D eigenvalue weighted by atomic mass is 10.0. The van der Waals surface area contributed by atoms with Gasteiger partial charge < -0.3 is 10.1 Å². The van der Waals surface area contributed by atoms with Crippen LogP contribution in [-0.2, 0) is 4.74 Å². The van der Waals surface area contributed by atoms with Gasteiger partial charge in [-0.15, -0.1) is 0 Å². The smallest absolute Gasteiger partial charge is 0.252 e. The largest absolute Gasteiger partial charge is 0.378 e. The first-order valence-corrected chi connectivity index (χ1v) is 8.87. The van der Waals surface area contributed by atoms with Crippen LogP contribution in [0, 0.1) is 20.8 Å². The predicted molar refractivity (Wildman–Crippen MR) is 100 cm³/mol. The second-order valence-corrected chi connectivity index (χ2v) is 7.00. The Morgan fingerprint density at radius 3 is 2.72 bits per heavy atom. The maximum Gasteiger partial charge on any atom is 0.252 e. The van der Waals surface area contributed by atoms with Gasteiger partial charge in [0.2, 0.25) is 0 Å². The third kappa shape index (κ3) is 3.53. The van der Waals surface area contributed by atoms with E-state index >= 15 is 0 Å². The van der Waals surface area contributed by atoms with Gasteiger partial charge in [-0.1, -0.05) is 18.6 Å². The van der Waals surface area contributed by atoms with Crippen molar-refractivity contribution in [2.24, 2.45) is 0 Å². The van der Waals surface area contributed by atoms with E-state index in [1.54, 1.807) is 7.11 Å². The minimum absolute atomic E-state index is 0.00637. The molecule has 0 spiro atoms. The van der Waals surface area contributed by atoms with Crippen molar-refractivity contribution in [1.82, 2.24) is 15.2 Å². The minimum Gasteiger partial charge on any atom is -0.378 e. The third-order valence-electron chi connectivity index (χ3n) is 5.03. The lowest BCUT2D eigenvalue weighted by Gasteiger charge is -2.19. The van der Waals surface area contributed by atoms with Crippen molar-refractivity contribution in [2.45, 2.75) is 39.8 Å². The average Bonchev–Trinajstić information content (AvgIpc) is 2.97. The quantitative estimate of drug-likeness (QED) is 0.929. The Balaban J connectivity index is 1.95. The van der Waals surface area contributed by atoms with Crippen molar-refractivity contribution in [2.75, 3.05) is 26.7 Å². The van der Waals surface area contributed by atoms with Gasteiger partial charge in [-0.2, -0.15) is 0 Å². The molecule has 1 N–H and O–H groups in total. The molecule has 0 bridgehead atoms. The van der Waals surface area contributed by atoms with Crippen LogP contribution in [0.2, 0.25) is 0 Å². The highest BCUT2D eigenvalue weighted by Gasteiger charge is 2.33. The maximum atomic E-state index is 13.0. The standard InChI is InChI=1S/C20H27N3O2/c1-6-23-10-17(18(11-23)25-5)22-20(24)16-9-14(4)21-19-13(3)7-12(2)8-15(16)19/h7-9,17-18H,6,10-11H2,1-5H3,(H,22,24)/t17-,18-/m0/s1. The molecule has 5 heteroatoms. The van der Waals surface area contributed by atoms with E-state index in [1.807, 2.05) is 32.9 Å². The fourth-order valence-corrected chi connectivity index (χ4v) is 3.73. The van der Waals surface area contributed by atoms with E-state index in [0.29, 0.717) is 5.56 Å². The van der Waals surface area contributed by atoms with E-state index in [0.717, 1.165) is 47.4 Å². The van der Waals surface area contributed by atoms with Gasteiger partial charge in [-0.25, -0.2) is 0 Å². The fraction of sp³-hybridized carbons (Fsp3) is 0.500. The Bertz CT molecular complexity index is 803. The summed E-state index contributed by atoms with van der Waals surface area (Å²) < 4.78 is 5.57. The number of carbonyl (C=O) groups is 1. The number of hydrogen-bond acceptors (Lipinski definition) is 4. The summed E-state index contributed by atoms with van der Waals surface area (Å²) in [5.74, 6) is -0.0505. The summed E-state index contributed by atoms with van der Waals surface area (Å²) >= 11 is 0. The van der Waals surface area contributed by atoms with Crippen LogP contribution >= 0.6 is 0 Å². The number of aromatic nitrogens is 1. The normalized spacial score (nSPS) is 21.0. The number of benzene rings is 1. The number of likely N-dealkylation sites (N-methyl/N-ethyl adjacent to an activating group) is 1. The Hall–Kier alpha value is -1.98. The number of amides is 1. The third-order valence-corrected chi connectivity index (χ3v) is 5.03. The average molecular weight is 341 g/mol. The molecule has 2 heterocycles. The van der Waals surface area contributed by atoms with Gasteiger partial charge in [0.25, 0.3) is 5.91 Å². The molecule has 0 aliphatic carbocycles. The lowest BCUT2D eigenvalue weighted by molar-refractivity contribution is 0.0763. The van der Waals surface area contributed by atoms with Crippen LogP contribution in [0.1, 0.15) is 34.1 Å². The van der Waals surface area contributed by atoms with Crippen LogP contribution in [0.25, 0.3) is 10.9 Å². The number of nitrogens with zero attached hydrogens (tertiary/aromatic N) is 2. The molecule has 1 fully saturated rings. The van der Waals surface area contributed by atoms with Gasteiger partial charge in [-0.05, 0) is 45.0 Å². The summed E-state index contributed by atoms with van der Waals surface area (Å²) in [6.45, 7) is 10.8. The van der Waals surface area contributed by atoms with Crippen LogP contribution in [0.15, 0.2) is 18.2 Å². The molecule has 0 saturated carbocycles. The molecule has 2 aromatic rings. The highest BCUT2D eigenvalue weighted by molar-refractivity contribution is 6.07. The van der Waals surface area contributed by atoms with Crippen molar-refractivity contribution in [1.29, 1.82) is 0 Å².